The molecule has 2 heterocycles. The van der Waals surface area contributed by atoms with Gasteiger partial charge < -0.3 is 20.5 Å². The number of hydrogen-bond acceptors (Lipinski definition) is 5. The zero-order chi connectivity index (χ0) is 15.4. The summed E-state index contributed by atoms with van der Waals surface area (Å²) in [6, 6.07) is 7.24. The third kappa shape index (κ3) is 3.40. The molecule has 0 spiro atoms. The Hall–Kier alpha value is -1.63. The van der Waals surface area contributed by atoms with E-state index in [1.165, 1.54) is 0 Å². The van der Waals surface area contributed by atoms with Crippen LogP contribution in [0.3, 0.4) is 0 Å². The van der Waals surface area contributed by atoms with Gasteiger partial charge in [-0.25, -0.2) is 0 Å². The van der Waals surface area contributed by atoms with Crippen LogP contribution in [0.1, 0.15) is 24.4 Å². The Morgan fingerprint density at radius 2 is 2.09 bits per heavy atom. The van der Waals surface area contributed by atoms with E-state index in [0.29, 0.717) is 32.9 Å². The predicted octanol–water partition coefficient (Wildman–Crippen LogP) is 0.334. The average molecular weight is 305 g/mol. The molecule has 1 atom stereocenters. The molecule has 1 fully saturated rings. The van der Waals surface area contributed by atoms with Gasteiger partial charge in [-0.1, -0.05) is 18.2 Å². The van der Waals surface area contributed by atoms with Crippen molar-refractivity contribution in [3.05, 3.63) is 29.8 Å². The summed E-state index contributed by atoms with van der Waals surface area (Å²) in [7, 11) is 0. The van der Waals surface area contributed by atoms with Gasteiger partial charge in [-0.3, -0.25) is 10.1 Å². The van der Waals surface area contributed by atoms with Crippen LogP contribution in [0.2, 0.25) is 0 Å². The Morgan fingerprint density at radius 3 is 2.91 bits per heavy atom. The second-order valence-electron chi connectivity index (χ2n) is 5.97. The van der Waals surface area contributed by atoms with E-state index in [4.69, 9.17) is 15.2 Å². The number of benzene rings is 1. The summed E-state index contributed by atoms with van der Waals surface area (Å²) in [5.41, 5.74) is 6.83. The number of nitrogens with two attached hydrogens (primary N) is 1. The molecule has 0 saturated carbocycles. The summed E-state index contributed by atoms with van der Waals surface area (Å²) < 4.78 is 11.0. The highest BCUT2D eigenvalue weighted by atomic mass is 16.5. The number of amides is 1. The van der Waals surface area contributed by atoms with Crippen molar-refractivity contribution >= 4 is 5.91 Å². The number of nitrogens with one attached hydrogen (secondary N) is 2. The highest BCUT2D eigenvalue weighted by Gasteiger charge is 2.31. The molecule has 22 heavy (non-hydrogen) atoms. The normalized spacial score (nSPS) is 23.8. The topological polar surface area (TPSA) is 85.6 Å². The minimum atomic E-state index is -0.401. The molecule has 3 rings (SSSR count). The number of fused-ring (bicyclic) bond motifs is 1. The molecule has 1 saturated heterocycles. The van der Waals surface area contributed by atoms with Gasteiger partial charge in [0.1, 0.15) is 18.4 Å². The van der Waals surface area contributed by atoms with Crippen LogP contribution in [-0.2, 0) is 9.53 Å². The maximum Gasteiger partial charge on any atom is 0.241 e. The lowest BCUT2D eigenvalue weighted by Gasteiger charge is -2.33. The van der Waals surface area contributed by atoms with Crippen molar-refractivity contribution in [3.63, 3.8) is 0 Å². The molecule has 2 aliphatic rings. The van der Waals surface area contributed by atoms with Crippen LogP contribution in [0.5, 0.6) is 5.75 Å². The van der Waals surface area contributed by atoms with Crippen molar-refractivity contribution in [1.82, 2.24) is 10.6 Å². The van der Waals surface area contributed by atoms with E-state index in [2.05, 4.69) is 10.6 Å². The second-order valence-corrected chi connectivity index (χ2v) is 5.97. The predicted molar refractivity (Wildman–Crippen MR) is 82.7 cm³/mol. The first-order chi connectivity index (χ1) is 10.7. The summed E-state index contributed by atoms with van der Waals surface area (Å²) in [5, 5.41) is 6.23. The van der Waals surface area contributed by atoms with Crippen molar-refractivity contribution in [1.29, 1.82) is 0 Å². The molecule has 0 radical (unpaired) electrons. The van der Waals surface area contributed by atoms with Gasteiger partial charge in [0.2, 0.25) is 5.91 Å². The fraction of sp³-hybridized carbons (Fsp3) is 0.562. The molecule has 1 aromatic rings. The highest BCUT2D eigenvalue weighted by molar-refractivity contribution is 5.84. The van der Waals surface area contributed by atoms with Gasteiger partial charge in [0.25, 0.3) is 0 Å². The Labute approximate surface area is 130 Å². The van der Waals surface area contributed by atoms with Gasteiger partial charge >= 0.3 is 0 Å². The SMILES string of the molecule is NC1(CNC(=O)C2NCCOc3ccccc32)CCOCC1. The van der Waals surface area contributed by atoms with E-state index in [-0.39, 0.29) is 11.4 Å². The standard InChI is InChI=1S/C16H23N3O3/c17-16(5-8-21-9-6-16)11-19-15(20)14-12-3-1-2-4-13(12)22-10-7-18-14/h1-4,14,18H,5-11,17H2,(H,19,20). The smallest absolute Gasteiger partial charge is 0.241 e. The molecule has 4 N–H and O–H groups in total. The van der Waals surface area contributed by atoms with E-state index in [9.17, 15) is 4.79 Å². The van der Waals surface area contributed by atoms with Crippen LogP contribution in [0.4, 0.5) is 0 Å². The first-order valence-corrected chi connectivity index (χ1v) is 7.77. The first-order valence-electron chi connectivity index (χ1n) is 7.77. The molecule has 0 bridgehead atoms. The molecule has 1 aromatic carbocycles. The molecule has 6 heteroatoms. The van der Waals surface area contributed by atoms with Crippen LogP contribution in [0, 0.1) is 0 Å². The number of ether oxygens (including phenoxy) is 2. The van der Waals surface area contributed by atoms with Gasteiger partial charge in [-0.15, -0.1) is 0 Å². The second kappa shape index (κ2) is 6.64. The number of hydrogen-bond donors (Lipinski definition) is 3. The van der Waals surface area contributed by atoms with Crippen LogP contribution in [0.25, 0.3) is 0 Å². The summed E-state index contributed by atoms with van der Waals surface area (Å²) in [6.45, 7) is 2.97. The van der Waals surface area contributed by atoms with Gasteiger partial charge in [0, 0.05) is 37.4 Å². The van der Waals surface area contributed by atoms with Crippen molar-refractivity contribution in [3.8, 4) is 5.75 Å². The minimum absolute atomic E-state index is 0.0609. The van der Waals surface area contributed by atoms with E-state index >= 15 is 0 Å². The van der Waals surface area contributed by atoms with Gasteiger partial charge in [0.15, 0.2) is 0 Å². The molecule has 0 aliphatic carbocycles. The molecule has 1 unspecified atom stereocenters. The van der Waals surface area contributed by atoms with Crippen LogP contribution >= 0.6 is 0 Å². The largest absolute Gasteiger partial charge is 0.492 e. The summed E-state index contributed by atoms with van der Waals surface area (Å²) >= 11 is 0. The van der Waals surface area contributed by atoms with Crippen LogP contribution < -0.4 is 21.1 Å². The van der Waals surface area contributed by atoms with Crippen LogP contribution in [-0.4, -0.2) is 44.4 Å². The zero-order valence-corrected chi connectivity index (χ0v) is 12.6. The number of para-hydroxylation sites is 1. The molecular weight excluding hydrogens is 282 g/mol. The van der Waals surface area contributed by atoms with Gasteiger partial charge in [-0.05, 0) is 18.9 Å². The molecule has 2 aliphatic heterocycles. The molecule has 0 aromatic heterocycles. The summed E-state index contributed by atoms with van der Waals surface area (Å²) in [5.74, 6) is 0.704. The zero-order valence-electron chi connectivity index (χ0n) is 12.6. The summed E-state index contributed by atoms with van der Waals surface area (Å²) in [6.07, 6.45) is 1.54. The number of carbonyl (C=O) groups is 1. The Morgan fingerprint density at radius 1 is 1.32 bits per heavy atom. The number of carbonyl (C=O) groups excluding carboxylic acids is 1. The lowest BCUT2D eigenvalue weighted by Crippen LogP contribution is -2.54. The van der Waals surface area contributed by atoms with Crippen LogP contribution in [0.15, 0.2) is 24.3 Å². The van der Waals surface area contributed by atoms with E-state index in [0.717, 1.165) is 24.2 Å². The monoisotopic (exact) mass is 305 g/mol. The third-order valence-electron chi connectivity index (χ3n) is 4.30. The molecular formula is C16H23N3O3. The maximum absolute atomic E-state index is 12.6. The minimum Gasteiger partial charge on any atom is -0.492 e. The van der Waals surface area contributed by atoms with Gasteiger partial charge in [0.05, 0.1) is 0 Å². The lowest BCUT2D eigenvalue weighted by molar-refractivity contribution is -0.123. The average Bonchev–Trinajstić information content (AvgIpc) is 2.76. The fourth-order valence-corrected chi connectivity index (χ4v) is 2.88. The quantitative estimate of drug-likeness (QED) is 0.749. The molecule has 120 valence electrons. The summed E-state index contributed by atoms with van der Waals surface area (Å²) in [4.78, 5) is 12.6. The Balaban J connectivity index is 1.67. The van der Waals surface area contributed by atoms with Crippen molar-refractivity contribution in [2.45, 2.75) is 24.4 Å². The lowest BCUT2D eigenvalue weighted by atomic mass is 9.91. The van der Waals surface area contributed by atoms with Crippen molar-refractivity contribution in [2.75, 3.05) is 32.9 Å². The van der Waals surface area contributed by atoms with E-state index in [1.807, 2.05) is 24.3 Å². The third-order valence-corrected chi connectivity index (χ3v) is 4.30. The van der Waals surface area contributed by atoms with E-state index in [1.54, 1.807) is 0 Å². The molecule has 1 amide bonds. The molecule has 6 nitrogen and oxygen atoms in total. The van der Waals surface area contributed by atoms with E-state index < -0.39 is 6.04 Å². The first kappa shape index (κ1) is 15.3. The maximum atomic E-state index is 12.6. The Bertz CT molecular complexity index is 529. The Kier molecular flexibility index (Phi) is 4.61. The van der Waals surface area contributed by atoms with Crippen molar-refractivity contribution < 1.29 is 14.3 Å². The van der Waals surface area contributed by atoms with Crippen molar-refractivity contribution in [2.24, 2.45) is 5.73 Å². The van der Waals surface area contributed by atoms with Gasteiger partial charge in [-0.2, -0.15) is 0 Å². The fourth-order valence-electron chi connectivity index (χ4n) is 2.88. The highest BCUT2D eigenvalue weighted by Crippen LogP contribution is 2.27. The number of rotatable bonds is 3.